The molecule has 0 spiro atoms. The molecule has 6 heteroatoms. The highest BCUT2D eigenvalue weighted by Gasteiger charge is 2.54. The second kappa shape index (κ2) is 6.86. The van der Waals surface area contributed by atoms with Gasteiger partial charge in [0, 0.05) is 19.6 Å². The Morgan fingerprint density at radius 1 is 1.19 bits per heavy atom. The zero-order valence-electron chi connectivity index (χ0n) is 14.7. The van der Waals surface area contributed by atoms with Crippen LogP contribution >= 0.6 is 0 Å². The van der Waals surface area contributed by atoms with Crippen LogP contribution in [0, 0.1) is 5.92 Å². The molecule has 0 bridgehead atoms. The number of piperidine rings is 1. The first-order chi connectivity index (χ1) is 12.6. The van der Waals surface area contributed by atoms with Gasteiger partial charge >= 0.3 is 6.09 Å². The average Bonchev–Trinajstić information content (AvgIpc) is 3.08. The van der Waals surface area contributed by atoms with Crippen molar-refractivity contribution in [3.63, 3.8) is 0 Å². The number of carbonyl (C=O) groups excluding carboxylic acids is 2. The minimum atomic E-state index is -0.375. The van der Waals surface area contributed by atoms with Crippen molar-refractivity contribution in [3.05, 3.63) is 60.1 Å². The van der Waals surface area contributed by atoms with Crippen molar-refractivity contribution < 1.29 is 18.7 Å². The van der Waals surface area contributed by atoms with Crippen molar-refractivity contribution in [2.24, 2.45) is 5.92 Å². The fourth-order valence-electron chi connectivity index (χ4n) is 3.79. The van der Waals surface area contributed by atoms with E-state index in [2.05, 4.69) is 0 Å². The largest absolute Gasteiger partial charge is 0.459 e. The lowest BCUT2D eigenvalue weighted by Gasteiger charge is -2.30. The average molecular weight is 354 g/mol. The van der Waals surface area contributed by atoms with E-state index in [-0.39, 0.29) is 30.7 Å². The quantitative estimate of drug-likeness (QED) is 0.827. The Labute approximate surface area is 152 Å². The van der Waals surface area contributed by atoms with Crippen molar-refractivity contribution in [2.75, 3.05) is 13.6 Å². The fourth-order valence-corrected chi connectivity index (χ4v) is 3.79. The maximum atomic E-state index is 12.7. The molecule has 136 valence electrons. The minimum Gasteiger partial charge on any atom is -0.459 e. The number of furan rings is 1. The van der Waals surface area contributed by atoms with Crippen LogP contribution in [0.1, 0.15) is 29.0 Å². The molecule has 2 fully saturated rings. The number of benzene rings is 1. The number of nitrogens with zero attached hydrogens (tertiary/aromatic N) is 2. The minimum absolute atomic E-state index is 0.00521. The van der Waals surface area contributed by atoms with Crippen LogP contribution in [0.2, 0.25) is 0 Å². The van der Waals surface area contributed by atoms with E-state index in [9.17, 15) is 9.59 Å². The van der Waals surface area contributed by atoms with Gasteiger partial charge in [0.05, 0.1) is 12.3 Å². The maximum Gasteiger partial charge on any atom is 0.409 e. The molecule has 26 heavy (non-hydrogen) atoms. The van der Waals surface area contributed by atoms with Gasteiger partial charge in [-0.3, -0.25) is 4.79 Å². The van der Waals surface area contributed by atoms with Gasteiger partial charge in [0.1, 0.15) is 6.61 Å². The molecular formula is C20H22N2O4. The predicted octanol–water partition coefficient (Wildman–Crippen LogP) is 3.15. The predicted molar refractivity (Wildman–Crippen MR) is 94.4 cm³/mol. The molecule has 0 N–H and O–H groups in total. The van der Waals surface area contributed by atoms with E-state index in [1.165, 1.54) is 6.26 Å². The monoisotopic (exact) mass is 354 g/mol. The topological polar surface area (TPSA) is 63.0 Å². The van der Waals surface area contributed by atoms with E-state index in [0.717, 1.165) is 18.4 Å². The van der Waals surface area contributed by atoms with Gasteiger partial charge in [-0.15, -0.1) is 0 Å². The molecule has 1 aromatic heterocycles. The second-order valence-electron chi connectivity index (χ2n) is 7.06. The van der Waals surface area contributed by atoms with Crippen LogP contribution in [0.25, 0.3) is 0 Å². The Kier molecular flexibility index (Phi) is 4.41. The van der Waals surface area contributed by atoms with Gasteiger partial charge in [0.2, 0.25) is 0 Å². The molecule has 0 radical (unpaired) electrons. The summed E-state index contributed by atoms with van der Waals surface area (Å²) >= 11 is 0. The summed E-state index contributed by atoms with van der Waals surface area (Å²) in [4.78, 5) is 28.4. The van der Waals surface area contributed by atoms with E-state index in [4.69, 9.17) is 9.15 Å². The normalized spacial score (nSPS) is 23.4. The van der Waals surface area contributed by atoms with Crippen LogP contribution in [0.15, 0.2) is 53.1 Å². The molecule has 1 aliphatic carbocycles. The van der Waals surface area contributed by atoms with Crippen LogP contribution in [-0.4, -0.2) is 47.5 Å². The Morgan fingerprint density at radius 2 is 2.00 bits per heavy atom. The van der Waals surface area contributed by atoms with Crippen LogP contribution in [-0.2, 0) is 11.3 Å². The molecule has 2 amide bonds. The van der Waals surface area contributed by atoms with E-state index in [1.807, 2.05) is 35.2 Å². The molecule has 6 nitrogen and oxygen atoms in total. The van der Waals surface area contributed by atoms with Gasteiger partial charge in [0.15, 0.2) is 5.76 Å². The maximum absolute atomic E-state index is 12.7. The molecule has 2 aliphatic rings. The summed E-state index contributed by atoms with van der Waals surface area (Å²) < 4.78 is 10.6. The van der Waals surface area contributed by atoms with Gasteiger partial charge in [-0.05, 0) is 36.5 Å². The smallest absolute Gasteiger partial charge is 0.409 e. The molecule has 3 atom stereocenters. The highest BCUT2D eigenvalue weighted by Crippen LogP contribution is 2.48. The summed E-state index contributed by atoms with van der Waals surface area (Å²) in [5, 5.41) is 0. The molecular weight excluding hydrogens is 332 g/mol. The van der Waals surface area contributed by atoms with Gasteiger partial charge in [-0.2, -0.15) is 0 Å². The highest BCUT2D eigenvalue weighted by atomic mass is 16.6. The first-order valence-electron chi connectivity index (χ1n) is 8.91. The Bertz CT molecular complexity index is 774. The zero-order valence-corrected chi connectivity index (χ0v) is 14.7. The van der Waals surface area contributed by atoms with E-state index >= 15 is 0 Å². The number of ether oxygens (including phenoxy) is 1. The van der Waals surface area contributed by atoms with Gasteiger partial charge < -0.3 is 19.0 Å². The Balaban J connectivity index is 1.35. The molecule has 3 unspecified atom stereocenters. The van der Waals surface area contributed by atoms with Crippen molar-refractivity contribution in [2.45, 2.75) is 31.5 Å². The van der Waals surface area contributed by atoms with Crippen molar-refractivity contribution in [3.8, 4) is 0 Å². The van der Waals surface area contributed by atoms with E-state index < -0.39 is 0 Å². The molecule has 4 rings (SSSR count). The molecule has 1 saturated carbocycles. The first-order valence-corrected chi connectivity index (χ1v) is 8.91. The molecule has 1 aliphatic heterocycles. The number of amides is 2. The highest BCUT2D eigenvalue weighted by molar-refractivity contribution is 5.92. The summed E-state index contributed by atoms with van der Waals surface area (Å²) in [7, 11) is 1.72. The third-order valence-corrected chi connectivity index (χ3v) is 5.18. The van der Waals surface area contributed by atoms with Crippen LogP contribution in [0.4, 0.5) is 4.79 Å². The summed E-state index contributed by atoms with van der Waals surface area (Å²) in [5.74, 6) is 0.820. The molecule has 2 heterocycles. The van der Waals surface area contributed by atoms with Gasteiger partial charge in [-0.25, -0.2) is 4.79 Å². The lowest BCUT2D eigenvalue weighted by atomic mass is 10.1. The van der Waals surface area contributed by atoms with Gasteiger partial charge in [-0.1, -0.05) is 30.3 Å². The van der Waals surface area contributed by atoms with Crippen LogP contribution in [0.3, 0.4) is 0 Å². The van der Waals surface area contributed by atoms with Crippen LogP contribution in [0.5, 0.6) is 0 Å². The lowest BCUT2D eigenvalue weighted by molar-refractivity contribution is 0.0602. The first kappa shape index (κ1) is 16.7. The third-order valence-electron chi connectivity index (χ3n) is 5.18. The van der Waals surface area contributed by atoms with E-state index in [0.29, 0.717) is 18.2 Å². The number of likely N-dealkylation sites (N-methyl/N-ethyl adjacent to an activating group) is 1. The number of rotatable bonds is 5. The summed E-state index contributed by atoms with van der Waals surface area (Å²) in [6.07, 6.45) is 3.11. The summed E-state index contributed by atoms with van der Waals surface area (Å²) in [5.41, 5.74) is 0.950. The zero-order chi connectivity index (χ0) is 18.1. The number of fused-ring (bicyclic) bond motifs is 1. The lowest BCUT2D eigenvalue weighted by Crippen LogP contribution is -2.45. The number of hydrogen-bond acceptors (Lipinski definition) is 4. The fraction of sp³-hybridized carbons (Fsp3) is 0.400. The number of hydrogen-bond donors (Lipinski definition) is 0. The Hall–Kier alpha value is -2.76. The van der Waals surface area contributed by atoms with Gasteiger partial charge in [0.25, 0.3) is 5.91 Å². The van der Waals surface area contributed by atoms with Crippen molar-refractivity contribution >= 4 is 12.0 Å². The van der Waals surface area contributed by atoms with E-state index in [1.54, 1.807) is 24.1 Å². The number of likely N-dealkylation sites (tertiary alicyclic amines) is 1. The molecule has 1 aromatic carbocycles. The summed E-state index contributed by atoms with van der Waals surface area (Å²) in [6, 6.07) is 13.3. The second-order valence-corrected chi connectivity index (χ2v) is 7.06. The SMILES string of the molecule is CN(CC1CC2CC2N1C(=O)c1ccco1)C(=O)OCc1ccccc1. The van der Waals surface area contributed by atoms with Crippen molar-refractivity contribution in [1.29, 1.82) is 0 Å². The number of carbonyl (C=O) groups is 2. The standard InChI is InChI=1S/C20H22N2O4/c1-21(20(24)26-13-14-6-3-2-4-7-14)12-16-10-15-11-17(15)22(16)19(23)18-8-5-9-25-18/h2-9,15-17H,10-13H2,1H3. The molecule has 2 aromatic rings. The third kappa shape index (κ3) is 3.31. The van der Waals surface area contributed by atoms with Crippen molar-refractivity contribution in [1.82, 2.24) is 9.80 Å². The molecule has 1 saturated heterocycles. The Morgan fingerprint density at radius 3 is 2.73 bits per heavy atom. The summed E-state index contributed by atoms with van der Waals surface area (Å²) in [6.45, 7) is 0.710. The van der Waals surface area contributed by atoms with Crippen LogP contribution < -0.4 is 0 Å².